The average molecular weight is 250 g/mol. The monoisotopic (exact) mass is 250 g/mol. The molecule has 0 unspecified atom stereocenters. The second-order valence-electron chi connectivity index (χ2n) is 6.09. The predicted octanol–water partition coefficient (Wildman–Crippen LogP) is 2.89. The van der Waals surface area contributed by atoms with Gasteiger partial charge >= 0.3 is 5.97 Å². The Balaban J connectivity index is 2.33. The van der Waals surface area contributed by atoms with Gasteiger partial charge in [0, 0.05) is 24.3 Å². The minimum absolute atomic E-state index is 0.00209. The molecule has 0 aromatic rings. The summed E-state index contributed by atoms with van der Waals surface area (Å²) in [6.07, 6.45) is 3.99. The summed E-state index contributed by atoms with van der Waals surface area (Å²) in [6, 6.07) is 0. The number of fused-ring (bicyclic) bond motifs is 1. The normalized spacial score (nSPS) is 35.2. The molecule has 1 aliphatic carbocycles. The molecular weight excluding hydrogens is 228 g/mol. The summed E-state index contributed by atoms with van der Waals surface area (Å²) in [7, 11) is 0. The minimum Gasteiger partial charge on any atom is -0.455 e. The van der Waals surface area contributed by atoms with E-state index in [-0.39, 0.29) is 29.5 Å². The van der Waals surface area contributed by atoms with E-state index in [0.29, 0.717) is 6.42 Å². The molecule has 0 N–H and O–H groups in total. The summed E-state index contributed by atoms with van der Waals surface area (Å²) in [6.45, 7) is 7.89. The van der Waals surface area contributed by atoms with Crippen LogP contribution in [0.15, 0.2) is 11.6 Å². The third-order valence-corrected chi connectivity index (χ3v) is 4.59. The van der Waals surface area contributed by atoms with Crippen molar-refractivity contribution in [1.82, 2.24) is 0 Å². The highest BCUT2D eigenvalue weighted by Gasteiger charge is 2.54. The van der Waals surface area contributed by atoms with Crippen LogP contribution in [-0.4, -0.2) is 17.4 Å². The van der Waals surface area contributed by atoms with Gasteiger partial charge in [0.05, 0.1) is 0 Å². The van der Waals surface area contributed by atoms with E-state index >= 15 is 0 Å². The number of carbonyl (C=O) groups excluding carboxylic acids is 2. The molecule has 0 spiro atoms. The summed E-state index contributed by atoms with van der Waals surface area (Å²) in [5, 5.41) is 0. The summed E-state index contributed by atoms with van der Waals surface area (Å²) < 4.78 is 5.67. The van der Waals surface area contributed by atoms with Crippen molar-refractivity contribution in [3.63, 3.8) is 0 Å². The first-order valence-corrected chi connectivity index (χ1v) is 6.80. The number of ether oxygens (including phenoxy) is 1. The number of esters is 1. The van der Waals surface area contributed by atoms with Crippen molar-refractivity contribution in [2.24, 2.45) is 17.8 Å². The first-order chi connectivity index (χ1) is 8.36. The highest BCUT2D eigenvalue weighted by Crippen LogP contribution is 2.51. The SMILES string of the molecule is CC1=CC(=O)O[C@@]2(CC(=O)C(C)C)[C@@H](C)CC[C@@H]12. The Kier molecular flexibility index (Phi) is 3.35. The molecule has 1 fully saturated rings. The maximum absolute atomic E-state index is 12.1. The first kappa shape index (κ1) is 13.3. The lowest BCUT2D eigenvalue weighted by atomic mass is 9.75. The Morgan fingerprint density at radius 2 is 2.17 bits per heavy atom. The Hall–Kier alpha value is -1.12. The van der Waals surface area contributed by atoms with Crippen LogP contribution in [0.25, 0.3) is 0 Å². The molecule has 3 atom stereocenters. The van der Waals surface area contributed by atoms with E-state index in [0.717, 1.165) is 18.4 Å². The number of hydrogen-bond acceptors (Lipinski definition) is 3. The number of rotatable bonds is 3. The number of hydrogen-bond donors (Lipinski definition) is 0. The second kappa shape index (κ2) is 4.52. The minimum atomic E-state index is -0.572. The zero-order valence-electron chi connectivity index (χ0n) is 11.7. The molecule has 0 radical (unpaired) electrons. The van der Waals surface area contributed by atoms with Crippen LogP contribution in [0.2, 0.25) is 0 Å². The van der Waals surface area contributed by atoms with Crippen molar-refractivity contribution in [3.05, 3.63) is 11.6 Å². The smallest absolute Gasteiger partial charge is 0.331 e. The molecule has 0 saturated heterocycles. The summed E-state index contributed by atoms with van der Waals surface area (Å²) in [5.41, 5.74) is 0.504. The molecule has 0 amide bonds. The van der Waals surface area contributed by atoms with Gasteiger partial charge in [-0.05, 0) is 25.7 Å². The molecule has 1 aliphatic heterocycles. The van der Waals surface area contributed by atoms with Gasteiger partial charge in [0.1, 0.15) is 11.4 Å². The molecule has 2 aliphatic rings. The molecule has 1 heterocycles. The molecule has 0 bridgehead atoms. The van der Waals surface area contributed by atoms with Crippen molar-refractivity contribution in [1.29, 1.82) is 0 Å². The van der Waals surface area contributed by atoms with Crippen molar-refractivity contribution in [2.75, 3.05) is 0 Å². The average Bonchev–Trinajstić information content (AvgIpc) is 2.56. The zero-order valence-corrected chi connectivity index (χ0v) is 11.7. The zero-order chi connectivity index (χ0) is 13.5. The van der Waals surface area contributed by atoms with Crippen molar-refractivity contribution in [3.8, 4) is 0 Å². The molecule has 3 heteroatoms. The van der Waals surface area contributed by atoms with Crippen LogP contribution in [0, 0.1) is 17.8 Å². The molecule has 18 heavy (non-hydrogen) atoms. The Morgan fingerprint density at radius 1 is 1.50 bits per heavy atom. The van der Waals surface area contributed by atoms with E-state index in [1.54, 1.807) is 6.08 Å². The molecule has 100 valence electrons. The lowest BCUT2D eigenvalue weighted by molar-refractivity contribution is -0.167. The lowest BCUT2D eigenvalue weighted by Gasteiger charge is -2.41. The van der Waals surface area contributed by atoms with E-state index < -0.39 is 5.60 Å². The van der Waals surface area contributed by atoms with Gasteiger partial charge in [0.25, 0.3) is 0 Å². The van der Waals surface area contributed by atoms with Gasteiger partial charge in [0.2, 0.25) is 0 Å². The Bertz CT molecular complexity index is 408. The van der Waals surface area contributed by atoms with Gasteiger partial charge in [-0.15, -0.1) is 0 Å². The quantitative estimate of drug-likeness (QED) is 0.723. The second-order valence-corrected chi connectivity index (χ2v) is 6.09. The lowest BCUT2D eigenvalue weighted by Crippen LogP contribution is -2.48. The third-order valence-electron chi connectivity index (χ3n) is 4.59. The Labute approximate surface area is 109 Å². The van der Waals surface area contributed by atoms with Crippen LogP contribution < -0.4 is 0 Å². The largest absolute Gasteiger partial charge is 0.455 e. The number of Topliss-reactive ketones (excluding diaryl/α,β-unsaturated/α-hetero) is 1. The molecule has 0 aromatic carbocycles. The highest BCUT2D eigenvalue weighted by molar-refractivity contribution is 5.87. The van der Waals surface area contributed by atoms with Crippen LogP contribution in [0.1, 0.15) is 47.0 Å². The summed E-state index contributed by atoms with van der Waals surface area (Å²) in [5.74, 6) is 0.397. The van der Waals surface area contributed by atoms with E-state index in [1.807, 2.05) is 20.8 Å². The first-order valence-electron chi connectivity index (χ1n) is 6.80. The number of carbonyl (C=O) groups is 2. The molecule has 0 aromatic heterocycles. The van der Waals surface area contributed by atoms with Gasteiger partial charge in [0.15, 0.2) is 0 Å². The van der Waals surface area contributed by atoms with Gasteiger partial charge in [-0.3, -0.25) is 4.79 Å². The van der Waals surface area contributed by atoms with E-state index in [1.165, 1.54) is 0 Å². The fourth-order valence-corrected chi connectivity index (χ4v) is 3.35. The van der Waals surface area contributed by atoms with E-state index in [4.69, 9.17) is 4.74 Å². The maximum atomic E-state index is 12.1. The highest BCUT2D eigenvalue weighted by atomic mass is 16.6. The van der Waals surface area contributed by atoms with Crippen LogP contribution >= 0.6 is 0 Å². The fraction of sp³-hybridized carbons (Fsp3) is 0.733. The molecule has 1 saturated carbocycles. The van der Waals surface area contributed by atoms with Crippen molar-refractivity contribution in [2.45, 2.75) is 52.6 Å². The van der Waals surface area contributed by atoms with Crippen molar-refractivity contribution >= 4 is 11.8 Å². The molecular formula is C15H22O3. The van der Waals surface area contributed by atoms with Crippen LogP contribution in [0.4, 0.5) is 0 Å². The molecule has 3 nitrogen and oxygen atoms in total. The van der Waals surface area contributed by atoms with E-state index in [9.17, 15) is 9.59 Å². The molecule has 2 rings (SSSR count). The topological polar surface area (TPSA) is 43.4 Å². The van der Waals surface area contributed by atoms with Gasteiger partial charge < -0.3 is 4.74 Å². The van der Waals surface area contributed by atoms with Crippen molar-refractivity contribution < 1.29 is 14.3 Å². The summed E-state index contributed by atoms with van der Waals surface area (Å²) >= 11 is 0. The fourth-order valence-electron chi connectivity index (χ4n) is 3.35. The van der Waals surface area contributed by atoms with Crippen LogP contribution in [0.5, 0.6) is 0 Å². The summed E-state index contributed by atoms with van der Waals surface area (Å²) in [4.78, 5) is 23.8. The third kappa shape index (κ3) is 2.00. The standard InChI is InChI=1S/C15H22O3/c1-9(2)13(16)8-15-11(4)5-6-12(15)10(3)7-14(17)18-15/h7,9,11-12H,5-6,8H2,1-4H3/t11-,12-,15-/m0/s1. The van der Waals surface area contributed by atoms with E-state index in [2.05, 4.69) is 6.92 Å². The maximum Gasteiger partial charge on any atom is 0.331 e. The number of ketones is 1. The Morgan fingerprint density at radius 3 is 2.78 bits per heavy atom. The predicted molar refractivity (Wildman–Crippen MR) is 68.9 cm³/mol. The van der Waals surface area contributed by atoms with Gasteiger partial charge in [-0.1, -0.05) is 26.3 Å². The van der Waals surface area contributed by atoms with Crippen LogP contribution in [0.3, 0.4) is 0 Å². The van der Waals surface area contributed by atoms with Crippen LogP contribution in [-0.2, 0) is 14.3 Å². The van der Waals surface area contributed by atoms with Gasteiger partial charge in [-0.25, -0.2) is 4.79 Å². The van der Waals surface area contributed by atoms with Gasteiger partial charge in [-0.2, -0.15) is 0 Å².